The summed E-state index contributed by atoms with van der Waals surface area (Å²) in [6.07, 6.45) is 0.856. The predicted octanol–water partition coefficient (Wildman–Crippen LogP) is 2.85. The molecular weight excluding hydrogens is 212 g/mol. The van der Waals surface area contributed by atoms with Crippen molar-refractivity contribution >= 4 is 11.6 Å². The van der Waals surface area contributed by atoms with Crippen molar-refractivity contribution < 1.29 is 0 Å². The van der Waals surface area contributed by atoms with Crippen LogP contribution in [0.25, 0.3) is 0 Å². The molecule has 0 radical (unpaired) electrons. The first-order chi connectivity index (χ1) is 8.08. The zero-order chi connectivity index (χ0) is 12.8. The van der Waals surface area contributed by atoms with Gasteiger partial charge in [-0.05, 0) is 19.8 Å². The number of aromatic nitrogens is 2. The average molecular weight is 236 g/mol. The molecule has 0 saturated carbocycles. The van der Waals surface area contributed by atoms with Crippen LogP contribution in [0.5, 0.6) is 0 Å². The molecule has 0 aromatic carbocycles. The van der Waals surface area contributed by atoms with Gasteiger partial charge in [0.2, 0.25) is 0 Å². The van der Waals surface area contributed by atoms with Crippen molar-refractivity contribution in [2.24, 2.45) is 5.92 Å². The fourth-order valence-corrected chi connectivity index (χ4v) is 1.53. The van der Waals surface area contributed by atoms with E-state index in [1.165, 1.54) is 0 Å². The normalized spacial score (nSPS) is 10.7. The van der Waals surface area contributed by atoms with Crippen molar-refractivity contribution in [2.75, 3.05) is 23.7 Å². The lowest BCUT2D eigenvalue weighted by Crippen LogP contribution is -2.14. The van der Waals surface area contributed by atoms with E-state index in [4.69, 9.17) is 0 Å². The third kappa shape index (κ3) is 3.88. The van der Waals surface area contributed by atoms with Gasteiger partial charge in [0.1, 0.15) is 17.5 Å². The lowest BCUT2D eigenvalue weighted by Gasteiger charge is -2.15. The second kappa shape index (κ2) is 6.42. The van der Waals surface area contributed by atoms with Crippen LogP contribution in [0.1, 0.15) is 39.1 Å². The monoisotopic (exact) mass is 236 g/mol. The lowest BCUT2D eigenvalue weighted by atomic mass is 10.2. The highest BCUT2D eigenvalue weighted by Crippen LogP contribution is 2.20. The van der Waals surface area contributed by atoms with Gasteiger partial charge in [0, 0.05) is 25.1 Å². The van der Waals surface area contributed by atoms with Crippen molar-refractivity contribution in [2.45, 2.75) is 41.0 Å². The van der Waals surface area contributed by atoms with Crippen molar-refractivity contribution in [1.29, 1.82) is 0 Å². The molecule has 2 N–H and O–H groups in total. The molecule has 0 unspecified atom stereocenters. The van der Waals surface area contributed by atoms with E-state index in [0.29, 0.717) is 5.92 Å². The third-order valence-electron chi connectivity index (χ3n) is 2.53. The molecule has 0 aliphatic heterocycles. The molecule has 96 valence electrons. The number of nitrogens with zero attached hydrogens (tertiary/aromatic N) is 2. The molecule has 0 saturated heterocycles. The van der Waals surface area contributed by atoms with Crippen molar-refractivity contribution in [3.8, 4) is 0 Å². The summed E-state index contributed by atoms with van der Waals surface area (Å²) < 4.78 is 0. The van der Waals surface area contributed by atoms with Crippen LogP contribution in [0.2, 0.25) is 0 Å². The van der Waals surface area contributed by atoms with Gasteiger partial charge in [0.05, 0.1) is 0 Å². The smallest absolute Gasteiger partial charge is 0.134 e. The summed E-state index contributed by atoms with van der Waals surface area (Å²) in [5.74, 6) is 3.40. The van der Waals surface area contributed by atoms with Gasteiger partial charge in [0.25, 0.3) is 0 Å². The molecule has 4 heteroatoms. The van der Waals surface area contributed by atoms with Crippen LogP contribution in [0.15, 0.2) is 0 Å². The zero-order valence-corrected chi connectivity index (χ0v) is 11.6. The Labute approximate surface area is 104 Å². The number of nitrogens with one attached hydrogen (secondary N) is 2. The first-order valence-corrected chi connectivity index (χ1v) is 6.43. The van der Waals surface area contributed by atoms with Gasteiger partial charge >= 0.3 is 0 Å². The van der Waals surface area contributed by atoms with Crippen LogP contribution in [0.4, 0.5) is 11.6 Å². The second-order valence-electron chi connectivity index (χ2n) is 4.62. The zero-order valence-electron chi connectivity index (χ0n) is 11.6. The Morgan fingerprint density at radius 2 is 1.65 bits per heavy atom. The molecule has 1 rings (SSSR count). The molecule has 1 aromatic rings. The number of hydrogen-bond acceptors (Lipinski definition) is 4. The standard InChI is InChI=1S/C13H24N4/c1-6-11-16-12(14-7-2)10(5)13(17-11)15-8-9(3)4/h9H,6-8H2,1-5H3,(H2,14,15,16,17). The minimum Gasteiger partial charge on any atom is -0.370 e. The Hall–Kier alpha value is -1.32. The fourth-order valence-electron chi connectivity index (χ4n) is 1.53. The summed E-state index contributed by atoms with van der Waals surface area (Å²) in [5, 5.41) is 6.68. The van der Waals surface area contributed by atoms with Crippen molar-refractivity contribution in [3.05, 3.63) is 11.4 Å². The summed E-state index contributed by atoms with van der Waals surface area (Å²) in [6, 6.07) is 0. The molecular formula is C13H24N4. The van der Waals surface area contributed by atoms with Gasteiger partial charge in [-0.1, -0.05) is 20.8 Å². The summed E-state index contributed by atoms with van der Waals surface area (Å²) in [7, 11) is 0. The SMILES string of the molecule is CCNc1nc(CC)nc(NCC(C)C)c1C. The lowest BCUT2D eigenvalue weighted by molar-refractivity contribution is 0.685. The van der Waals surface area contributed by atoms with E-state index < -0.39 is 0 Å². The first-order valence-electron chi connectivity index (χ1n) is 6.43. The van der Waals surface area contributed by atoms with Gasteiger partial charge in [-0.2, -0.15) is 0 Å². The van der Waals surface area contributed by atoms with E-state index in [1.807, 2.05) is 0 Å². The molecule has 1 aromatic heterocycles. The van der Waals surface area contributed by atoms with Crippen LogP contribution in [0.3, 0.4) is 0 Å². The van der Waals surface area contributed by atoms with Gasteiger partial charge < -0.3 is 10.6 Å². The highest BCUT2D eigenvalue weighted by molar-refractivity contribution is 5.57. The van der Waals surface area contributed by atoms with E-state index in [0.717, 1.165) is 42.5 Å². The Morgan fingerprint density at radius 3 is 2.12 bits per heavy atom. The highest BCUT2D eigenvalue weighted by atomic mass is 15.1. The fraction of sp³-hybridized carbons (Fsp3) is 0.692. The van der Waals surface area contributed by atoms with E-state index in [9.17, 15) is 0 Å². The van der Waals surface area contributed by atoms with Gasteiger partial charge in [-0.25, -0.2) is 9.97 Å². The minimum absolute atomic E-state index is 0.608. The molecule has 0 fully saturated rings. The summed E-state index contributed by atoms with van der Waals surface area (Å²) in [6.45, 7) is 12.4. The maximum atomic E-state index is 4.54. The molecule has 0 aliphatic carbocycles. The maximum Gasteiger partial charge on any atom is 0.134 e. The van der Waals surface area contributed by atoms with Crippen molar-refractivity contribution in [1.82, 2.24) is 9.97 Å². The number of rotatable bonds is 6. The summed E-state index contributed by atoms with van der Waals surface area (Å²) >= 11 is 0. The van der Waals surface area contributed by atoms with Crippen molar-refractivity contribution in [3.63, 3.8) is 0 Å². The molecule has 0 atom stereocenters. The molecule has 4 nitrogen and oxygen atoms in total. The Kier molecular flexibility index (Phi) is 5.19. The molecule has 0 bridgehead atoms. The molecule has 1 heterocycles. The third-order valence-corrected chi connectivity index (χ3v) is 2.53. The Bertz CT molecular complexity index is 361. The van der Waals surface area contributed by atoms with Crippen LogP contribution < -0.4 is 10.6 Å². The maximum absolute atomic E-state index is 4.54. The topological polar surface area (TPSA) is 49.8 Å². The van der Waals surface area contributed by atoms with E-state index in [1.54, 1.807) is 0 Å². The van der Waals surface area contributed by atoms with E-state index in [-0.39, 0.29) is 0 Å². The Morgan fingerprint density at radius 1 is 1.06 bits per heavy atom. The molecule has 0 amide bonds. The van der Waals surface area contributed by atoms with E-state index in [2.05, 4.69) is 55.2 Å². The largest absolute Gasteiger partial charge is 0.370 e. The van der Waals surface area contributed by atoms with Crippen LogP contribution >= 0.6 is 0 Å². The van der Waals surface area contributed by atoms with Crippen LogP contribution in [0, 0.1) is 12.8 Å². The molecule has 0 spiro atoms. The van der Waals surface area contributed by atoms with Crippen LogP contribution in [-0.4, -0.2) is 23.1 Å². The van der Waals surface area contributed by atoms with Crippen LogP contribution in [-0.2, 0) is 6.42 Å². The number of anilines is 2. The second-order valence-corrected chi connectivity index (χ2v) is 4.62. The molecule has 17 heavy (non-hydrogen) atoms. The summed E-state index contributed by atoms with van der Waals surface area (Å²) in [5.41, 5.74) is 1.10. The Balaban J connectivity index is 2.96. The number of hydrogen-bond donors (Lipinski definition) is 2. The average Bonchev–Trinajstić information content (AvgIpc) is 2.30. The van der Waals surface area contributed by atoms with Gasteiger partial charge in [-0.15, -0.1) is 0 Å². The van der Waals surface area contributed by atoms with E-state index >= 15 is 0 Å². The van der Waals surface area contributed by atoms with Gasteiger partial charge in [0.15, 0.2) is 0 Å². The highest BCUT2D eigenvalue weighted by Gasteiger charge is 2.09. The summed E-state index contributed by atoms with van der Waals surface area (Å²) in [4.78, 5) is 9.05. The first kappa shape index (κ1) is 13.7. The predicted molar refractivity (Wildman–Crippen MR) is 73.6 cm³/mol. The molecule has 0 aliphatic rings. The quantitative estimate of drug-likeness (QED) is 0.797. The number of aryl methyl sites for hydroxylation is 1. The van der Waals surface area contributed by atoms with Gasteiger partial charge in [-0.3, -0.25) is 0 Å². The minimum atomic E-state index is 0.608.